The van der Waals surface area contributed by atoms with Crippen LogP contribution in [0.1, 0.15) is 10.4 Å². The predicted molar refractivity (Wildman–Crippen MR) is 57.8 cm³/mol. The van der Waals surface area contributed by atoms with Gasteiger partial charge in [0.15, 0.2) is 0 Å². The third kappa shape index (κ3) is 2.07. The van der Waals surface area contributed by atoms with Gasteiger partial charge in [-0.3, -0.25) is 4.79 Å². The Morgan fingerprint density at radius 1 is 1.41 bits per heavy atom. The number of hydrogen-bond donors (Lipinski definition) is 2. The van der Waals surface area contributed by atoms with Crippen LogP contribution in [0.4, 0.5) is 5.69 Å². The summed E-state index contributed by atoms with van der Waals surface area (Å²) >= 11 is 0. The van der Waals surface area contributed by atoms with Crippen molar-refractivity contribution in [3.8, 4) is 0 Å². The zero-order chi connectivity index (χ0) is 12.6. The van der Waals surface area contributed by atoms with Crippen molar-refractivity contribution in [2.24, 2.45) is 0 Å². The molecule has 2 rings (SSSR count). The number of aromatic carboxylic acids is 1. The van der Waals surface area contributed by atoms with E-state index in [0.717, 1.165) is 4.31 Å². The fourth-order valence-electron chi connectivity index (χ4n) is 1.47. The van der Waals surface area contributed by atoms with E-state index < -0.39 is 22.1 Å². The topological polar surface area (TPSA) is 104 Å². The molecule has 0 atom stereocenters. The second kappa shape index (κ2) is 3.74. The Morgan fingerprint density at radius 3 is 2.65 bits per heavy atom. The number of carbonyl (C=O) groups is 2. The van der Waals surface area contributed by atoms with Crippen molar-refractivity contribution in [3.63, 3.8) is 0 Å². The molecule has 1 fully saturated rings. The highest BCUT2D eigenvalue weighted by Crippen LogP contribution is 2.21. The highest BCUT2D eigenvalue weighted by molar-refractivity contribution is 7.92. The van der Waals surface area contributed by atoms with Crippen molar-refractivity contribution in [1.29, 1.82) is 0 Å². The van der Waals surface area contributed by atoms with E-state index in [1.54, 1.807) is 4.72 Å². The number of benzene rings is 1. The quantitative estimate of drug-likeness (QED) is 0.747. The number of anilines is 1. The van der Waals surface area contributed by atoms with Gasteiger partial charge in [0.25, 0.3) is 5.91 Å². The number of carboxylic acid groups (broad SMARTS) is 1. The average Bonchev–Trinajstić information content (AvgIpc) is 2.52. The van der Waals surface area contributed by atoms with Crippen LogP contribution in [0.2, 0.25) is 0 Å². The molecule has 0 spiro atoms. The van der Waals surface area contributed by atoms with E-state index in [-0.39, 0.29) is 17.8 Å². The predicted octanol–water partition coefficient (Wildman–Crippen LogP) is -0.434. The first-order valence-electron chi connectivity index (χ1n) is 4.57. The molecule has 8 heteroatoms. The molecule has 1 amide bonds. The van der Waals surface area contributed by atoms with Crippen LogP contribution in [0.5, 0.6) is 0 Å². The molecule has 0 aliphatic carbocycles. The van der Waals surface area contributed by atoms with Gasteiger partial charge in [-0.05, 0) is 18.2 Å². The lowest BCUT2D eigenvalue weighted by Crippen LogP contribution is -2.29. The Bertz CT molecular complexity index is 595. The lowest BCUT2D eigenvalue weighted by atomic mass is 10.2. The Morgan fingerprint density at radius 2 is 2.12 bits per heavy atom. The van der Waals surface area contributed by atoms with E-state index >= 15 is 0 Å². The Labute approximate surface area is 96.8 Å². The van der Waals surface area contributed by atoms with Gasteiger partial charge >= 0.3 is 16.2 Å². The van der Waals surface area contributed by atoms with Crippen LogP contribution in [0.25, 0.3) is 0 Å². The molecule has 0 aromatic heterocycles. The molecule has 1 aliphatic heterocycles. The van der Waals surface area contributed by atoms with Gasteiger partial charge in [-0.25, -0.2) is 13.8 Å². The van der Waals surface area contributed by atoms with Crippen LogP contribution in [0, 0.1) is 0 Å². The second-order valence-electron chi connectivity index (χ2n) is 3.39. The van der Waals surface area contributed by atoms with Gasteiger partial charge in [0.1, 0.15) is 6.54 Å². The van der Waals surface area contributed by atoms with Crippen molar-refractivity contribution in [1.82, 2.24) is 4.72 Å². The van der Waals surface area contributed by atoms with Gasteiger partial charge < -0.3 is 5.11 Å². The smallest absolute Gasteiger partial charge is 0.335 e. The molecule has 2 N–H and O–H groups in total. The Balaban J connectivity index is 2.45. The first-order valence-corrected chi connectivity index (χ1v) is 6.01. The van der Waals surface area contributed by atoms with E-state index in [2.05, 4.69) is 0 Å². The van der Waals surface area contributed by atoms with E-state index in [9.17, 15) is 18.0 Å². The number of hydrogen-bond acceptors (Lipinski definition) is 4. The van der Waals surface area contributed by atoms with E-state index in [0.29, 0.717) is 0 Å². The summed E-state index contributed by atoms with van der Waals surface area (Å²) in [5.74, 6) is -1.81. The monoisotopic (exact) mass is 256 g/mol. The third-order valence-corrected chi connectivity index (χ3v) is 3.61. The maximum atomic E-state index is 11.5. The molecule has 0 saturated carbocycles. The molecule has 1 aliphatic rings. The summed E-state index contributed by atoms with van der Waals surface area (Å²) in [7, 11) is -3.89. The van der Waals surface area contributed by atoms with Crippen molar-refractivity contribution < 1.29 is 23.1 Å². The van der Waals surface area contributed by atoms with Crippen LogP contribution < -0.4 is 9.03 Å². The highest BCUT2D eigenvalue weighted by atomic mass is 32.2. The fourth-order valence-corrected chi connectivity index (χ4v) is 2.61. The molecule has 1 aromatic carbocycles. The van der Waals surface area contributed by atoms with Gasteiger partial charge in [-0.15, -0.1) is 0 Å². The normalized spacial score (nSPS) is 17.9. The average molecular weight is 256 g/mol. The maximum Gasteiger partial charge on any atom is 0.335 e. The number of amides is 1. The number of carbonyl (C=O) groups excluding carboxylic acids is 1. The van der Waals surface area contributed by atoms with E-state index in [4.69, 9.17) is 5.11 Å². The first kappa shape index (κ1) is 11.4. The van der Waals surface area contributed by atoms with Gasteiger partial charge in [0.2, 0.25) is 0 Å². The minimum absolute atomic E-state index is 0.0444. The molecular formula is C9H8N2O5S. The van der Waals surface area contributed by atoms with Crippen molar-refractivity contribution in [2.45, 2.75) is 0 Å². The summed E-state index contributed by atoms with van der Waals surface area (Å²) in [6, 6.07) is 5.37. The van der Waals surface area contributed by atoms with E-state index in [1.165, 1.54) is 24.3 Å². The van der Waals surface area contributed by atoms with Crippen molar-refractivity contribution in [3.05, 3.63) is 29.8 Å². The summed E-state index contributed by atoms with van der Waals surface area (Å²) in [6.07, 6.45) is 0. The number of carboxylic acids is 1. The minimum atomic E-state index is -3.89. The molecular weight excluding hydrogens is 248 g/mol. The zero-order valence-electron chi connectivity index (χ0n) is 8.45. The molecule has 1 saturated heterocycles. The minimum Gasteiger partial charge on any atom is -0.478 e. The van der Waals surface area contributed by atoms with Gasteiger partial charge in [-0.2, -0.15) is 8.42 Å². The number of nitrogens with one attached hydrogen (secondary N) is 1. The SMILES string of the molecule is O=C1CN(c2cccc(C(=O)O)c2)S(=O)(=O)N1. The Kier molecular flexibility index (Phi) is 2.50. The second-order valence-corrected chi connectivity index (χ2v) is 4.99. The van der Waals surface area contributed by atoms with Crippen LogP contribution in [-0.4, -0.2) is 31.9 Å². The van der Waals surface area contributed by atoms with Crippen LogP contribution in [-0.2, 0) is 15.0 Å². The summed E-state index contributed by atoms with van der Waals surface area (Å²) < 4.78 is 25.6. The fraction of sp³-hybridized carbons (Fsp3) is 0.111. The standard InChI is InChI=1S/C9H8N2O5S/c12-8-5-11(17(15,16)10-8)7-3-1-2-6(4-7)9(13)14/h1-4H,5H2,(H,10,12)(H,13,14). The molecule has 0 bridgehead atoms. The molecule has 17 heavy (non-hydrogen) atoms. The number of rotatable bonds is 2. The summed E-state index contributed by atoms with van der Waals surface area (Å²) in [5, 5.41) is 8.78. The Hall–Kier alpha value is -2.09. The lowest BCUT2D eigenvalue weighted by Gasteiger charge is -2.14. The summed E-state index contributed by atoms with van der Waals surface area (Å²) in [5.41, 5.74) is 0.0975. The number of nitrogens with zero attached hydrogens (tertiary/aromatic N) is 1. The molecule has 1 aromatic rings. The summed E-state index contributed by atoms with van der Waals surface area (Å²) in [4.78, 5) is 21.8. The zero-order valence-corrected chi connectivity index (χ0v) is 9.27. The molecule has 7 nitrogen and oxygen atoms in total. The van der Waals surface area contributed by atoms with Gasteiger partial charge in [0.05, 0.1) is 11.3 Å². The first-order chi connectivity index (χ1) is 7.90. The molecule has 0 radical (unpaired) electrons. The van der Waals surface area contributed by atoms with Crippen molar-refractivity contribution in [2.75, 3.05) is 10.8 Å². The molecule has 1 heterocycles. The van der Waals surface area contributed by atoms with Crippen LogP contribution in [0.15, 0.2) is 24.3 Å². The molecule has 0 unspecified atom stereocenters. The van der Waals surface area contributed by atoms with Crippen LogP contribution >= 0.6 is 0 Å². The lowest BCUT2D eigenvalue weighted by molar-refractivity contribution is -0.117. The maximum absolute atomic E-state index is 11.5. The van der Waals surface area contributed by atoms with Crippen LogP contribution in [0.3, 0.4) is 0 Å². The van der Waals surface area contributed by atoms with Gasteiger partial charge in [0, 0.05) is 0 Å². The molecule has 90 valence electrons. The third-order valence-electron chi connectivity index (χ3n) is 2.20. The largest absolute Gasteiger partial charge is 0.478 e. The summed E-state index contributed by atoms with van der Waals surface area (Å²) in [6.45, 7) is -0.342. The van der Waals surface area contributed by atoms with E-state index in [1.807, 2.05) is 0 Å². The van der Waals surface area contributed by atoms with Crippen molar-refractivity contribution >= 4 is 27.8 Å². The highest BCUT2D eigenvalue weighted by Gasteiger charge is 2.34. The van der Waals surface area contributed by atoms with Gasteiger partial charge in [-0.1, -0.05) is 6.07 Å².